The van der Waals surface area contributed by atoms with Crippen LogP contribution in [0, 0.1) is 5.82 Å². The molecule has 0 saturated carbocycles. The van der Waals surface area contributed by atoms with Crippen molar-refractivity contribution in [2.45, 2.75) is 38.9 Å². The molecule has 19 heavy (non-hydrogen) atoms. The van der Waals surface area contributed by atoms with Crippen LogP contribution in [0.5, 0.6) is 0 Å². The summed E-state index contributed by atoms with van der Waals surface area (Å²) in [5.74, 6) is 2.98. The summed E-state index contributed by atoms with van der Waals surface area (Å²) in [6, 6.07) is 2.49. The minimum Gasteiger partial charge on any atom is -0.356 e. The molecule has 0 aliphatic carbocycles. The van der Waals surface area contributed by atoms with Gasteiger partial charge in [-0.2, -0.15) is 11.8 Å². The minimum atomic E-state index is -0.265. The van der Waals surface area contributed by atoms with Gasteiger partial charge in [0.1, 0.15) is 11.6 Å². The van der Waals surface area contributed by atoms with Crippen LogP contribution < -0.4 is 10.2 Å². The molecule has 1 saturated heterocycles. The predicted octanol–water partition coefficient (Wildman–Crippen LogP) is 2.66. The molecule has 1 atom stereocenters. The van der Waals surface area contributed by atoms with Gasteiger partial charge >= 0.3 is 0 Å². The Morgan fingerprint density at radius 3 is 3.00 bits per heavy atom. The molecule has 0 spiro atoms. The van der Waals surface area contributed by atoms with Crippen LogP contribution in [0.15, 0.2) is 12.3 Å². The average molecular weight is 283 g/mol. The maximum absolute atomic E-state index is 13.4. The minimum absolute atomic E-state index is 0.265. The molecular weight excluding hydrogens is 261 g/mol. The second-order valence-electron chi connectivity index (χ2n) is 5.30. The van der Waals surface area contributed by atoms with E-state index in [1.54, 1.807) is 6.07 Å². The molecule has 1 aromatic heterocycles. The third-order valence-electron chi connectivity index (χ3n) is 3.40. The number of thioether (sulfide) groups is 1. The van der Waals surface area contributed by atoms with Crippen LogP contribution in [-0.4, -0.2) is 35.6 Å². The lowest BCUT2D eigenvalue weighted by atomic mass is 10.1. The van der Waals surface area contributed by atoms with E-state index in [0.29, 0.717) is 18.6 Å². The molecule has 1 aromatic rings. The molecule has 3 nitrogen and oxygen atoms in total. The molecule has 5 heteroatoms. The van der Waals surface area contributed by atoms with E-state index in [4.69, 9.17) is 0 Å². The van der Waals surface area contributed by atoms with Crippen molar-refractivity contribution in [2.24, 2.45) is 0 Å². The summed E-state index contributed by atoms with van der Waals surface area (Å²) in [6.07, 6.45) is 2.49. The van der Waals surface area contributed by atoms with Crippen LogP contribution in [0.3, 0.4) is 0 Å². The van der Waals surface area contributed by atoms with Gasteiger partial charge in [0.2, 0.25) is 0 Å². The molecule has 0 amide bonds. The van der Waals surface area contributed by atoms with Crippen LogP contribution in [-0.2, 0) is 6.54 Å². The lowest BCUT2D eigenvalue weighted by molar-refractivity contribution is 0.574. The van der Waals surface area contributed by atoms with Crippen molar-refractivity contribution in [3.63, 3.8) is 0 Å². The Kier molecular flexibility index (Phi) is 5.05. The lowest BCUT2D eigenvalue weighted by Crippen LogP contribution is -2.33. The monoisotopic (exact) mass is 283 g/mol. The van der Waals surface area contributed by atoms with Gasteiger partial charge in [0.25, 0.3) is 0 Å². The van der Waals surface area contributed by atoms with Gasteiger partial charge in [0.05, 0.1) is 6.20 Å². The zero-order valence-corrected chi connectivity index (χ0v) is 12.6. The van der Waals surface area contributed by atoms with E-state index >= 15 is 0 Å². The summed E-state index contributed by atoms with van der Waals surface area (Å²) in [6.45, 7) is 4.83. The van der Waals surface area contributed by atoms with Crippen LogP contribution in [0.1, 0.15) is 25.8 Å². The average Bonchev–Trinajstić information content (AvgIpc) is 2.89. The highest BCUT2D eigenvalue weighted by atomic mass is 32.2. The first-order valence-electron chi connectivity index (χ1n) is 6.76. The Balaban J connectivity index is 2.17. The normalized spacial score (nSPS) is 19.1. The van der Waals surface area contributed by atoms with Crippen molar-refractivity contribution in [3.8, 4) is 0 Å². The van der Waals surface area contributed by atoms with Gasteiger partial charge in [-0.25, -0.2) is 9.37 Å². The molecule has 1 aliphatic rings. The first-order chi connectivity index (χ1) is 9.08. The fourth-order valence-corrected chi connectivity index (χ4v) is 3.50. The van der Waals surface area contributed by atoms with Crippen molar-refractivity contribution in [3.05, 3.63) is 23.6 Å². The molecule has 106 valence electrons. The lowest BCUT2D eigenvalue weighted by Gasteiger charge is -2.27. The highest BCUT2D eigenvalue weighted by Crippen LogP contribution is 2.27. The Morgan fingerprint density at radius 2 is 2.37 bits per heavy atom. The summed E-state index contributed by atoms with van der Waals surface area (Å²) in [5, 5.41) is 3.34. The summed E-state index contributed by atoms with van der Waals surface area (Å²) in [4.78, 5) is 6.51. The zero-order chi connectivity index (χ0) is 13.8. The Bertz CT molecular complexity index is 419. The summed E-state index contributed by atoms with van der Waals surface area (Å²) >= 11 is 1.97. The number of rotatable bonds is 5. The number of nitrogens with zero attached hydrogens (tertiary/aromatic N) is 2. The van der Waals surface area contributed by atoms with Gasteiger partial charge in [-0.05, 0) is 18.2 Å². The maximum Gasteiger partial charge on any atom is 0.141 e. The first-order valence-corrected chi connectivity index (χ1v) is 7.91. The summed E-state index contributed by atoms with van der Waals surface area (Å²) in [5.41, 5.74) is 0.938. The Hall–Kier alpha value is -0.810. The SMILES string of the molecule is CC(C)NCc1cc(F)cnc1N(C)C1CCSC1. The smallest absolute Gasteiger partial charge is 0.141 e. The molecule has 1 unspecified atom stereocenters. The fourth-order valence-electron chi connectivity index (χ4n) is 2.24. The molecule has 2 heterocycles. The number of anilines is 1. The standard InChI is InChI=1S/C14H22FN3S/c1-10(2)16-7-11-6-12(15)8-17-14(11)18(3)13-4-5-19-9-13/h6,8,10,13,16H,4-5,7,9H2,1-3H3. The van der Waals surface area contributed by atoms with Crippen molar-refractivity contribution in [2.75, 3.05) is 23.5 Å². The number of hydrogen-bond acceptors (Lipinski definition) is 4. The largest absolute Gasteiger partial charge is 0.356 e. The summed E-state index contributed by atoms with van der Waals surface area (Å²) < 4.78 is 13.4. The molecule has 0 radical (unpaired) electrons. The van der Waals surface area contributed by atoms with Crippen LogP contribution in [0.25, 0.3) is 0 Å². The van der Waals surface area contributed by atoms with E-state index in [2.05, 4.69) is 36.1 Å². The third-order valence-corrected chi connectivity index (χ3v) is 4.54. The molecule has 0 aromatic carbocycles. The van der Waals surface area contributed by atoms with E-state index < -0.39 is 0 Å². The van der Waals surface area contributed by atoms with Gasteiger partial charge in [-0.1, -0.05) is 13.8 Å². The predicted molar refractivity (Wildman–Crippen MR) is 80.3 cm³/mol. The number of pyridine rings is 1. The van der Waals surface area contributed by atoms with E-state index in [1.165, 1.54) is 18.4 Å². The quantitative estimate of drug-likeness (QED) is 0.899. The summed E-state index contributed by atoms with van der Waals surface area (Å²) in [7, 11) is 2.07. The van der Waals surface area contributed by atoms with Gasteiger partial charge in [0.15, 0.2) is 0 Å². The Labute approximate surface area is 119 Å². The molecule has 0 bridgehead atoms. The second kappa shape index (κ2) is 6.57. The van der Waals surface area contributed by atoms with Crippen molar-refractivity contribution in [1.29, 1.82) is 0 Å². The number of nitrogens with one attached hydrogen (secondary N) is 1. The topological polar surface area (TPSA) is 28.2 Å². The van der Waals surface area contributed by atoms with Crippen molar-refractivity contribution >= 4 is 17.6 Å². The molecular formula is C14H22FN3S. The van der Waals surface area contributed by atoms with E-state index in [-0.39, 0.29) is 5.82 Å². The maximum atomic E-state index is 13.4. The van der Waals surface area contributed by atoms with Gasteiger partial charge in [0, 0.05) is 37.0 Å². The molecule has 1 N–H and O–H groups in total. The van der Waals surface area contributed by atoms with Crippen molar-refractivity contribution in [1.82, 2.24) is 10.3 Å². The van der Waals surface area contributed by atoms with E-state index in [9.17, 15) is 4.39 Å². The van der Waals surface area contributed by atoms with E-state index in [1.807, 2.05) is 11.8 Å². The molecule has 1 aliphatic heterocycles. The van der Waals surface area contributed by atoms with Gasteiger partial charge < -0.3 is 10.2 Å². The highest BCUT2D eigenvalue weighted by Gasteiger charge is 2.23. The number of hydrogen-bond donors (Lipinski definition) is 1. The first kappa shape index (κ1) is 14.6. The highest BCUT2D eigenvalue weighted by molar-refractivity contribution is 7.99. The molecule has 1 fully saturated rings. The van der Waals surface area contributed by atoms with Gasteiger partial charge in [-0.3, -0.25) is 0 Å². The second-order valence-corrected chi connectivity index (χ2v) is 6.45. The van der Waals surface area contributed by atoms with Gasteiger partial charge in [-0.15, -0.1) is 0 Å². The zero-order valence-electron chi connectivity index (χ0n) is 11.8. The third kappa shape index (κ3) is 3.83. The number of halogens is 1. The fraction of sp³-hybridized carbons (Fsp3) is 0.643. The van der Waals surface area contributed by atoms with Crippen molar-refractivity contribution < 1.29 is 4.39 Å². The number of aromatic nitrogens is 1. The molecule has 2 rings (SSSR count). The Morgan fingerprint density at radius 1 is 1.58 bits per heavy atom. The van der Waals surface area contributed by atoms with Crippen LogP contribution in [0.2, 0.25) is 0 Å². The van der Waals surface area contributed by atoms with Crippen LogP contribution >= 0.6 is 11.8 Å². The van der Waals surface area contributed by atoms with E-state index in [0.717, 1.165) is 17.1 Å². The van der Waals surface area contributed by atoms with Crippen LogP contribution in [0.4, 0.5) is 10.2 Å².